The van der Waals surface area contributed by atoms with Crippen LogP contribution < -0.4 is 0 Å². The second-order valence-electron chi connectivity index (χ2n) is 4.05. The van der Waals surface area contributed by atoms with Crippen molar-refractivity contribution in [1.29, 1.82) is 0 Å². The van der Waals surface area contributed by atoms with E-state index in [1.807, 2.05) is 6.92 Å². The molecule has 0 amide bonds. The smallest absolute Gasteiger partial charge is 0.306 e. The van der Waals surface area contributed by atoms with Crippen LogP contribution in [0.3, 0.4) is 0 Å². The second kappa shape index (κ2) is 7.78. The lowest BCUT2D eigenvalue weighted by atomic mass is 10.2. The zero-order valence-electron chi connectivity index (χ0n) is 11.0. The molecule has 0 radical (unpaired) electrons. The molecule has 19 heavy (non-hydrogen) atoms. The summed E-state index contributed by atoms with van der Waals surface area (Å²) in [6, 6.07) is 6.46. The molecule has 1 aromatic carbocycles. The number of non-ortho nitro benzene ring substituents is 1. The summed E-state index contributed by atoms with van der Waals surface area (Å²) in [7, 11) is 0. The number of nitrogens with zero attached hydrogens (tertiary/aromatic N) is 1. The number of nitro groups is 1. The molecule has 1 atom stereocenters. The van der Waals surface area contributed by atoms with Gasteiger partial charge in [0.25, 0.3) is 5.69 Å². The van der Waals surface area contributed by atoms with Gasteiger partial charge in [-0.05, 0) is 12.5 Å². The zero-order valence-corrected chi connectivity index (χ0v) is 11.8. The van der Waals surface area contributed by atoms with Crippen molar-refractivity contribution in [2.24, 2.45) is 0 Å². The van der Waals surface area contributed by atoms with Gasteiger partial charge in [0.1, 0.15) is 0 Å². The molecule has 0 aromatic heterocycles. The number of nitro benzene ring substituents is 1. The quantitative estimate of drug-likeness (QED) is 0.436. The third-order valence-electron chi connectivity index (χ3n) is 2.44. The van der Waals surface area contributed by atoms with Gasteiger partial charge in [0.2, 0.25) is 0 Å². The third-order valence-corrected chi connectivity index (χ3v) is 3.68. The molecule has 0 aliphatic rings. The molecule has 0 N–H and O–H groups in total. The van der Waals surface area contributed by atoms with Crippen molar-refractivity contribution in [3.05, 3.63) is 39.9 Å². The van der Waals surface area contributed by atoms with Crippen LogP contribution in [0.2, 0.25) is 0 Å². The highest BCUT2D eigenvalue weighted by Gasteiger charge is 2.11. The van der Waals surface area contributed by atoms with Gasteiger partial charge in [0, 0.05) is 23.1 Å². The van der Waals surface area contributed by atoms with Gasteiger partial charge < -0.3 is 4.74 Å². The number of carbonyl (C=O) groups is 1. The van der Waals surface area contributed by atoms with Crippen molar-refractivity contribution in [1.82, 2.24) is 0 Å². The van der Waals surface area contributed by atoms with Crippen LogP contribution in [0.4, 0.5) is 5.69 Å². The average Bonchev–Trinajstić information content (AvgIpc) is 2.37. The van der Waals surface area contributed by atoms with E-state index in [0.29, 0.717) is 13.0 Å². The number of hydrogen-bond acceptors (Lipinski definition) is 5. The predicted octanol–water partition coefficient (Wildman–Crippen LogP) is 3.17. The summed E-state index contributed by atoms with van der Waals surface area (Å²) in [6.07, 6.45) is 0.380. The van der Waals surface area contributed by atoms with Crippen molar-refractivity contribution in [3.8, 4) is 0 Å². The zero-order chi connectivity index (χ0) is 14.3. The first-order chi connectivity index (χ1) is 9.02. The molecule has 104 valence electrons. The molecule has 0 aliphatic heterocycles. The number of thioether (sulfide) groups is 1. The van der Waals surface area contributed by atoms with E-state index in [0.717, 1.165) is 11.3 Å². The molecule has 1 aromatic rings. The molecule has 0 saturated carbocycles. The van der Waals surface area contributed by atoms with Gasteiger partial charge in [-0.15, -0.1) is 0 Å². The fourth-order valence-corrected chi connectivity index (χ4v) is 2.39. The first-order valence-corrected chi connectivity index (χ1v) is 7.08. The summed E-state index contributed by atoms with van der Waals surface area (Å²) in [6.45, 7) is 4.15. The molecular formula is C13H17NO4S. The Kier molecular flexibility index (Phi) is 6.35. The fourth-order valence-electron chi connectivity index (χ4n) is 1.47. The monoisotopic (exact) mass is 283 g/mol. The van der Waals surface area contributed by atoms with Crippen LogP contribution >= 0.6 is 11.8 Å². The molecular weight excluding hydrogens is 266 g/mol. The van der Waals surface area contributed by atoms with E-state index >= 15 is 0 Å². The SMILES string of the molecule is CCOC(=O)CC(C)SCc1ccc([N+](=O)[O-])cc1. The summed E-state index contributed by atoms with van der Waals surface area (Å²) >= 11 is 1.63. The van der Waals surface area contributed by atoms with Gasteiger partial charge in [-0.25, -0.2) is 0 Å². The topological polar surface area (TPSA) is 69.4 Å². The molecule has 5 nitrogen and oxygen atoms in total. The molecule has 0 bridgehead atoms. The lowest BCUT2D eigenvalue weighted by molar-refractivity contribution is -0.384. The van der Waals surface area contributed by atoms with Gasteiger partial charge >= 0.3 is 5.97 Å². The predicted molar refractivity (Wildman–Crippen MR) is 75.1 cm³/mol. The van der Waals surface area contributed by atoms with Crippen molar-refractivity contribution >= 4 is 23.4 Å². The summed E-state index contributed by atoms with van der Waals surface area (Å²) < 4.78 is 4.88. The maximum atomic E-state index is 11.3. The van der Waals surface area contributed by atoms with Crippen LogP contribution in [0.1, 0.15) is 25.8 Å². The van der Waals surface area contributed by atoms with Crippen LogP contribution in [-0.2, 0) is 15.3 Å². The highest BCUT2D eigenvalue weighted by Crippen LogP contribution is 2.22. The molecule has 0 spiro atoms. The van der Waals surface area contributed by atoms with Crippen LogP contribution in [0.5, 0.6) is 0 Å². The number of carbonyl (C=O) groups excluding carboxylic acids is 1. The van der Waals surface area contributed by atoms with Crippen molar-refractivity contribution in [2.75, 3.05) is 6.61 Å². The van der Waals surface area contributed by atoms with E-state index in [2.05, 4.69) is 0 Å². The Morgan fingerprint density at radius 3 is 2.58 bits per heavy atom. The van der Waals surface area contributed by atoms with Crippen molar-refractivity contribution in [3.63, 3.8) is 0 Å². The summed E-state index contributed by atoms with van der Waals surface area (Å²) in [5.41, 5.74) is 1.10. The number of ether oxygens (including phenoxy) is 1. The van der Waals surface area contributed by atoms with Crippen LogP contribution in [0.25, 0.3) is 0 Å². The summed E-state index contributed by atoms with van der Waals surface area (Å²) in [5, 5.41) is 10.7. The van der Waals surface area contributed by atoms with Crippen LogP contribution in [0.15, 0.2) is 24.3 Å². The normalized spacial score (nSPS) is 11.9. The Hall–Kier alpha value is -1.56. The summed E-state index contributed by atoms with van der Waals surface area (Å²) in [4.78, 5) is 21.4. The average molecular weight is 283 g/mol. The molecule has 0 heterocycles. The lowest BCUT2D eigenvalue weighted by Gasteiger charge is -2.10. The number of rotatable bonds is 7. The Morgan fingerprint density at radius 1 is 1.42 bits per heavy atom. The van der Waals surface area contributed by atoms with E-state index in [-0.39, 0.29) is 16.9 Å². The molecule has 1 rings (SSSR count). The fraction of sp³-hybridized carbons (Fsp3) is 0.462. The van der Waals surface area contributed by atoms with Gasteiger partial charge in [-0.3, -0.25) is 14.9 Å². The van der Waals surface area contributed by atoms with Crippen LogP contribution in [-0.4, -0.2) is 22.7 Å². The van der Waals surface area contributed by atoms with Gasteiger partial charge in [0.05, 0.1) is 18.0 Å². The first-order valence-electron chi connectivity index (χ1n) is 6.03. The molecule has 6 heteroatoms. The maximum Gasteiger partial charge on any atom is 0.306 e. The number of hydrogen-bond donors (Lipinski definition) is 0. The van der Waals surface area contributed by atoms with Gasteiger partial charge in [0.15, 0.2) is 0 Å². The Morgan fingerprint density at radius 2 is 2.05 bits per heavy atom. The van der Waals surface area contributed by atoms with E-state index < -0.39 is 4.92 Å². The lowest BCUT2D eigenvalue weighted by Crippen LogP contribution is -2.10. The largest absolute Gasteiger partial charge is 0.466 e. The van der Waals surface area contributed by atoms with Gasteiger partial charge in [-0.2, -0.15) is 11.8 Å². The molecule has 1 unspecified atom stereocenters. The Bertz CT molecular complexity index is 433. The molecule has 0 fully saturated rings. The molecule has 0 aliphatic carbocycles. The maximum absolute atomic E-state index is 11.3. The number of benzene rings is 1. The van der Waals surface area contributed by atoms with Gasteiger partial charge in [-0.1, -0.05) is 19.1 Å². The highest BCUT2D eigenvalue weighted by atomic mass is 32.2. The van der Waals surface area contributed by atoms with E-state index in [9.17, 15) is 14.9 Å². The van der Waals surface area contributed by atoms with E-state index in [4.69, 9.17) is 4.74 Å². The Balaban J connectivity index is 2.39. The minimum Gasteiger partial charge on any atom is -0.466 e. The van der Waals surface area contributed by atoms with Crippen LogP contribution in [0, 0.1) is 10.1 Å². The second-order valence-corrected chi connectivity index (χ2v) is 5.48. The summed E-state index contributed by atoms with van der Waals surface area (Å²) in [5.74, 6) is 0.532. The minimum absolute atomic E-state index is 0.0910. The number of esters is 1. The first kappa shape index (κ1) is 15.5. The van der Waals surface area contributed by atoms with Crippen molar-refractivity contribution in [2.45, 2.75) is 31.3 Å². The van der Waals surface area contributed by atoms with Crippen molar-refractivity contribution < 1.29 is 14.5 Å². The third kappa shape index (κ3) is 5.74. The van der Waals surface area contributed by atoms with E-state index in [1.54, 1.807) is 30.8 Å². The molecule has 0 saturated heterocycles. The minimum atomic E-state index is -0.416. The van der Waals surface area contributed by atoms with E-state index in [1.165, 1.54) is 12.1 Å². The Labute approximate surface area is 116 Å². The highest BCUT2D eigenvalue weighted by molar-refractivity contribution is 7.99. The standard InChI is InChI=1S/C13H17NO4S/c1-3-18-13(15)8-10(2)19-9-11-4-6-12(7-5-11)14(16)17/h4-7,10H,3,8-9H2,1-2H3.